The molecule has 5 heteroatoms. The van der Waals surface area contributed by atoms with E-state index < -0.39 is 6.04 Å². The zero-order chi connectivity index (χ0) is 18.6. The summed E-state index contributed by atoms with van der Waals surface area (Å²) in [7, 11) is 3.29. The second-order valence-electron chi connectivity index (χ2n) is 6.70. The molecule has 132 valence electrons. The largest absolute Gasteiger partial charge is 0.497 e. The topological polar surface area (TPSA) is 59.8 Å². The molecule has 0 fully saturated rings. The van der Waals surface area contributed by atoms with Gasteiger partial charge in [0.05, 0.1) is 24.1 Å². The van der Waals surface area contributed by atoms with Crippen LogP contribution in [0.5, 0.6) is 5.75 Å². The maximum Gasteiger partial charge on any atom is 0.290 e. The molecule has 0 saturated carbocycles. The molecule has 2 aromatic carbocycles. The van der Waals surface area contributed by atoms with Crippen molar-refractivity contribution in [3.05, 3.63) is 74.6 Å². The highest BCUT2D eigenvalue weighted by Crippen LogP contribution is 2.37. The summed E-state index contributed by atoms with van der Waals surface area (Å²) in [6, 6.07) is 10.6. The molecule has 1 atom stereocenters. The highest BCUT2D eigenvalue weighted by molar-refractivity contribution is 5.99. The third-order valence-corrected chi connectivity index (χ3v) is 5.15. The Labute approximate surface area is 150 Å². The number of hydrogen-bond acceptors (Lipinski definition) is 4. The smallest absolute Gasteiger partial charge is 0.290 e. The Morgan fingerprint density at radius 1 is 1.04 bits per heavy atom. The van der Waals surface area contributed by atoms with Gasteiger partial charge in [-0.25, -0.2) is 0 Å². The van der Waals surface area contributed by atoms with Crippen molar-refractivity contribution in [3.8, 4) is 5.75 Å². The van der Waals surface area contributed by atoms with Crippen LogP contribution in [0.15, 0.2) is 45.6 Å². The fraction of sp³-hybridized carbons (Fsp3) is 0.238. The lowest BCUT2D eigenvalue weighted by Crippen LogP contribution is -2.25. The normalized spacial score (nSPS) is 16.2. The first-order chi connectivity index (χ1) is 12.4. The standard InChI is InChI=1S/C21H19NO4/c1-11-9-15-16(10-12(11)2)26-20-17(19(15)23)18(22(3)21(20)24)13-5-7-14(25-4)8-6-13/h5-10,18H,1-4H3. The number of benzene rings is 2. The summed E-state index contributed by atoms with van der Waals surface area (Å²) in [5.41, 5.74) is 3.58. The van der Waals surface area contributed by atoms with E-state index in [0.717, 1.165) is 22.4 Å². The lowest BCUT2D eigenvalue weighted by Gasteiger charge is -2.20. The molecular weight excluding hydrogens is 330 g/mol. The van der Waals surface area contributed by atoms with Gasteiger partial charge in [0.25, 0.3) is 5.91 Å². The third-order valence-electron chi connectivity index (χ3n) is 5.15. The van der Waals surface area contributed by atoms with Crippen molar-refractivity contribution in [1.29, 1.82) is 0 Å². The van der Waals surface area contributed by atoms with E-state index in [1.165, 1.54) is 0 Å². The van der Waals surface area contributed by atoms with Crippen LogP contribution in [0.4, 0.5) is 0 Å². The Kier molecular flexibility index (Phi) is 3.61. The van der Waals surface area contributed by atoms with Gasteiger partial charge in [-0.1, -0.05) is 12.1 Å². The molecule has 26 heavy (non-hydrogen) atoms. The quantitative estimate of drug-likeness (QED) is 0.709. The number of fused-ring (bicyclic) bond motifs is 2. The van der Waals surface area contributed by atoms with Crippen molar-refractivity contribution < 1.29 is 13.9 Å². The number of nitrogens with zero attached hydrogens (tertiary/aromatic N) is 1. The van der Waals surface area contributed by atoms with Crippen LogP contribution in [-0.4, -0.2) is 25.0 Å². The minimum atomic E-state index is -0.467. The summed E-state index contributed by atoms with van der Waals surface area (Å²) in [4.78, 5) is 27.5. The second kappa shape index (κ2) is 5.73. The van der Waals surface area contributed by atoms with Crippen LogP contribution in [0, 0.1) is 13.8 Å². The summed E-state index contributed by atoms with van der Waals surface area (Å²) in [6.45, 7) is 3.91. The highest BCUT2D eigenvalue weighted by atomic mass is 16.5. The van der Waals surface area contributed by atoms with Crippen LogP contribution in [-0.2, 0) is 0 Å². The van der Waals surface area contributed by atoms with Gasteiger partial charge in [0.15, 0.2) is 5.43 Å². The van der Waals surface area contributed by atoms with Crippen molar-refractivity contribution >= 4 is 16.9 Å². The van der Waals surface area contributed by atoms with E-state index in [0.29, 0.717) is 16.5 Å². The highest BCUT2D eigenvalue weighted by Gasteiger charge is 2.40. The zero-order valence-corrected chi connectivity index (χ0v) is 15.1. The first kappa shape index (κ1) is 16.4. The molecule has 0 spiro atoms. The van der Waals surface area contributed by atoms with Gasteiger partial charge in [0.1, 0.15) is 11.3 Å². The Bertz CT molecular complexity index is 1100. The summed E-state index contributed by atoms with van der Waals surface area (Å²) in [6.07, 6.45) is 0. The maximum absolute atomic E-state index is 13.2. The third kappa shape index (κ3) is 2.24. The molecule has 1 unspecified atom stereocenters. The molecule has 2 heterocycles. The van der Waals surface area contributed by atoms with Crippen LogP contribution >= 0.6 is 0 Å². The van der Waals surface area contributed by atoms with Crippen molar-refractivity contribution in [2.24, 2.45) is 0 Å². The van der Waals surface area contributed by atoms with Gasteiger partial charge in [0.2, 0.25) is 5.76 Å². The van der Waals surface area contributed by atoms with Gasteiger partial charge in [-0.3, -0.25) is 9.59 Å². The Morgan fingerprint density at radius 2 is 1.69 bits per heavy atom. The fourth-order valence-corrected chi connectivity index (χ4v) is 3.52. The lowest BCUT2D eigenvalue weighted by atomic mass is 9.97. The molecule has 4 rings (SSSR count). The molecule has 0 bridgehead atoms. The number of methoxy groups -OCH3 is 1. The number of amides is 1. The van der Waals surface area contributed by atoms with E-state index in [2.05, 4.69) is 0 Å². The molecule has 1 aliphatic rings. The number of carbonyl (C=O) groups excluding carboxylic acids is 1. The molecule has 1 amide bonds. The van der Waals surface area contributed by atoms with Crippen LogP contribution in [0.2, 0.25) is 0 Å². The Morgan fingerprint density at radius 3 is 2.35 bits per heavy atom. The van der Waals surface area contributed by atoms with Crippen molar-refractivity contribution in [2.75, 3.05) is 14.2 Å². The van der Waals surface area contributed by atoms with E-state index >= 15 is 0 Å². The average Bonchev–Trinajstić information content (AvgIpc) is 2.89. The Hall–Kier alpha value is -3.08. The molecule has 3 aromatic rings. The van der Waals surface area contributed by atoms with Crippen molar-refractivity contribution in [2.45, 2.75) is 19.9 Å². The molecule has 0 radical (unpaired) electrons. The number of aryl methyl sites for hydroxylation is 2. The first-order valence-corrected chi connectivity index (χ1v) is 8.41. The predicted octanol–water partition coefficient (Wildman–Crippen LogP) is 3.59. The fourth-order valence-electron chi connectivity index (χ4n) is 3.52. The molecule has 1 aromatic heterocycles. The summed E-state index contributed by atoms with van der Waals surface area (Å²) in [5.74, 6) is 0.574. The van der Waals surface area contributed by atoms with E-state index in [9.17, 15) is 9.59 Å². The van der Waals surface area contributed by atoms with E-state index in [-0.39, 0.29) is 17.1 Å². The Balaban J connectivity index is 1.98. The van der Waals surface area contributed by atoms with Crippen molar-refractivity contribution in [1.82, 2.24) is 4.90 Å². The van der Waals surface area contributed by atoms with Crippen LogP contribution < -0.4 is 10.2 Å². The second-order valence-corrected chi connectivity index (χ2v) is 6.70. The van der Waals surface area contributed by atoms with Crippen LogP contribution in [0.3, 0.4) is 0 Å². The van der Waals surface area contributed by atoms with Gasteiger partial charge >= 0.3 is 0 Å². The molecule has 0 aliphatic carbocycles. The number of hydrogen-bond donors (Lipinski definition) is 0. The van der Waals surface area contributed by atoms with E-state index in [1.54, 1.807) is 19.1 Å². The average molecular weight is 349 g/mol. The maximum atomic E-state index is 13.2. The molecule has 5 nitrogen and oxygen atoms in total. The van der Waals surface area contributed by atoms with Crippen LogP contribution in [0.25, 0.3) is 11.0 Å². The SMILES string of the molecule is COc1ccc(C2c3c(oc4cc(C)c(C)cc4c3=O)C(=O)N2C)cc1. The number of rotatable bonds is 2. The van der Waals surface area contributed by atoms with Gasteiger partial charge in [-0.2, -0.15) is 0 Å². The summed E-state index contributed by atoms with van der Waals surface area (Å²) < 4.78 is 11.1. The molecule has 1 aliphatic heterocycles. The van der Waals surface area contributed by atoms with E-state index in [4.69, 9.17) is 9.15 Å². The van der Waals surface area contributed by atoms with Gasteiger partial charge in [-0.05, 0) is 54.8 Å². The molecular formula is C21H19NO4. The molecule has 0 saturated heterocycles. The van der Waals surface area contributed by atoms with Crippen LogP contribution in [0.1, 0.15) is 38.9 Å². The lowest BCUT2D eigenvalue weighted by molar-refractivity contribution is 0.0771. The van der Waals surface area contributed by atoms with Gasteiger partial charge in [-0.15, -0.1) is 0 Å². The summed E-state index contributed by atoms with van der Waals surface area (Å²) in [5, 5.41) is 0.508. The van der Waals surface area contributed by atoms with Gasteiger partial charge < -0.3 is 14.1 Å². The van der Waals surface area contributed by atoms with E-state index in [1.807, 2.05) is 50.2 Å². The first-order valence-electron chi connectivity index (χ1n) is 8.41. The summed E-state index contributed by atoms with van der Waals surface area (Å²) >= 11 is 0. The number of carbonyl (C=O) groups is 1. The predicted molar refractivity (Wildman–Crippen MR) is 98.9 cm³/mol. The van der Waals surface area contributed by atoms with Gasteiger partial charge in [0, 0.05) is 7.05 Å². The minimum Gasteiger partial charge on any atom is -0.497 e. The minimum absolute atomic E-state index is 0.133. The van der Waals surface area contributed by atoms with Crippen molar-refractivity contribution in [3.63, 3.8) is 0 Å². The zero-order valence-electron chi connectivity index (χ0n) is 15.1. The monoisotopic (exact) mass is 349 g/mol. The molecule has 0 N–H and O–H groups in total. The number of ether oxygens (including phenoxy) is 1.